The second-order valence-electron chi connectivity index (χ2n) is 23.4. The smallest absolute Gasteiger partial charge is 0.278 e. The van der Waals surface area contributed by atoms with Gasteiger partial charge in [0.05, 0.1) is 18.1 Å². The van der Waals surface area contributed by atoms with E-state index in [1.165, 1.54) is 39.6 Å². The number of fused-ring (bicyclic) bond motifs is 2. The topological polar surface area (TPSA) is 269 Å². The predicted octanol–water partition coefficient (Wildman–Crippen LogP) is 3.29. The fourth-order valence-electron chi connectivity index (χ4n) is 11.0. The number of aryl methyl sites for hydroxylation is 2. The quantitative estimate of drug-likeness (QED) is 0.105. The molecular weight excluding hydrogens is 965 g/mol. The molecule has 0 radical (unpaired) electrons. The minimum absolute atomic E-state index is 0.00149. The molecule has 2 aliphatic carbocycles. The number of nitrogens with two attached hydrogens (primary N) is 1. The summed E-state index contributed by atoms with van der Waals surface area (Å²) in [5.41, 5.74) is 13.4. The number of quaternary nitrogens is 1. The molecule has 2 aliphatic heterocycles. The van der Waals surface area contributed by atoms with Crippen molar-refractivity contribution in [2.75, 3.05) is 13.1 Å². The van der Waals surface area contributed by atoms with Gasteiger partial charge in [-0.15, -0.1) is 0 Å². The molecule has 2 fully saturated rings. The number of hydrogen-bond acceptors (Lipinski definition) is 9. The number of hydrogen-bond donors (Lipinski definition) is 8. The summed E-state index contributed by atoms with van der Waals surface area (Å²) in [6.07, 6.45) is 6.14. The Kier molecular flexibility index (Phi) is 18.1. The Bertz CT molecular complexity index is 2470. The zero-order chi connectivity index (χ0) is 55.2. The minimum atomic E-state index is -1.02. The third kappa shape index (κ3) is 13.3. The van der Waals surface area contributed by atoms with Crippen LogP contribution in [0, 0.1) is 10.8 Å². The van der Waals surface area contributed by atoms with Crippen LogP contribution in [0.1, 0.15) is 162 Å². The van der Waals surface area contributed by atoms with E-state index >= 15 is 0 Å². The molecule has 76 heavy (non-hydrogen) atoms. The lowest BCUT2D eigenvalue weighted by molar-refractivity contribution is -0.404. The molecule has 0 bridgehead atoms. The molecule has 10 unspecified atom stereocenters. The van der Waals surface area contributed by atoms with Crippen molar-refractivity contribution in [1.29, 1.82) is 0 Å². The van der Waals surface area contributed by atoms with Gasteiger partial charge >= 0.3 is 0 Å². The number of nitrogens with zero attached hydrogens (tertiary/aromatic N) is 2. The number of rotatable bonds is 16. The van der Waals surface area contributed by atoms with E-state index in [4.69, 9.17) is 5.73 Å². The predicted molar refractivity (Wildman–Crippen MR) is 288 cm³/mol. The Morgan fingerprint density at radius 3 is 1.36 bits per heavy atom. The Morgan fingerprint density at radius 1 is 0.579 bits per heavy atom. The van der Waals surface area contributed by atoms with Crippen LogP contribution in [0.15, 0.2) is 72.8 Å². The lowest BCUT2D eigenvalue weighted by Crippen LogP contribution is -2.69. The van der Waals surface area contributed by atoms with Crippen LogP contribution in [0.2, 0.25) is 0 Å². The third-order valence-corrected chi connectivity index (χ3v) is 15.7. The van der Waals surface area contributed by atoms with Gasteiger partial charge in [-0.2, -0.15) is 0 Å². The number of carbonyl (C=O) groups excluding carboxylic acids is 8. The number of benzene rings is 3. The summed E-state index contributed by atoms with van der Waals surface area (Å²) in [4.78, 5) is 115. The van der Waals surface area contributed by atoms with Crippen LogP contribution in [0.4, 0.5) is 0 Å². The summed E-state index contributed by atoms with van der Waals surface area (Å²) in [5, 5.41) is 18.2. The monoisotopic (exact) mass is 1050 g/mol. The second-order valence-corrected chi connectivity index (χ2v) is 23.4. The average Bonchev–Trinajstić information content (AvgIpc) is 4.03. The highest BCUT2D eigenvalue weighted by Crippen LogP contribution is 2.34. The van der Waals surface area contributed by atoms with E-state index in [1.54, 1.807) is 6.92 Å². The van der Waals surface area contributed by atoms with Gasteiger partial charge in [-0.3, -0.25) is 38.4 Å². The molecule has 8 amide bonds. The molecule has 410 valence electrons. The van der Waals surface area contributed by atoms with E-state index in [1.807, 2.05) is 84.9 Å². The summed E-state index contributed by atoms with van der Waals surface area (Å²) in [6.45, 7) is 14.7. The van der Waals surface area contributed by atoms with E-state index in [0.29, 0.717) is 12.8 Å². The van der Waals surface area contributed by atoms with Gasteiger partial charge in [-0.25, -0.2) is 0 Å². The van der Waals surface area contributed by atoms with Crippen LogP contribution in [0.5, 0.6) is 0 Å². The lowest BCUT2D eigenvalue weighted by atomic mass is 9.85. The molecule has 2 saturated heterocycles. The Morgan fingerprint density at radius 2 is 0.974 bits per heavy atom. The number of amides is 8. The maximum Gasteiger partial charge on any atom is 0.278 e. The van der Waals surface area contributed by atoms with Gasteiger partial charge in [0.1, 0.15) is 24.2 Å². The van der Waals surface area contributed by atoms with Gasteiger partial charge in [0.2, 0.25) is 29.5 Å². The van der Waals surface area contributed by atoms with Crippen LogP contribution >= 0.6 is 0 Å². The molecule has 2 heterocycles. The van der Waals surface area contributed by atoms with Crippen molar-refractivity contribution in [3.63, 3.8) is 0 Å². The van der Waals surface area contributed by atoms with Crippen molar-refractivity contribution >= 4 is 47.3 Å². The van der Waals surface area contributed by atoms with E-state index < -0.39 is 88.7 Å². The summed E-state index contributed by atoms with van der Waals surface area (Å²) < 4.78 is 0. The van der Waals surface area contributed by atoms with E-state index in [-0.39, 0.29) is 66.9 Å². The largest absolute Gasteiger partial charge is 0.347 e. The van der Waals surface area contributed by atoms with Crippen LogP contribution in [0.3, 0.4) is 0 Å². The first-order chi connectivity index (χ1) is 36.0. The Balaban J connectivity index is 1.06. The molecule has 4 aliphatic rings. The molecule has 0 aromatic heterocycles. The highest BCUT2D eigenvalue weighted by molar-refractivity contribution is 5.99. The molecule has 11 N–H and O–H groups in total. The fraction of sp³-hybridized carbons (Fsp3) is 0.552. The molecule has 3 aromatic rings. The van der Waals surface area contributed by atoms with Gasteiger partial charge in [-0.1, -0.05) is 104 Å². The van der Waals surface area contributed by atoms with Crippen molar-refractivity contribution in [1.82, 2.24) is 41.7 Å². The van der Waals surface area contributed by atoms with E-state index in [9.17, 15) is 38.4 Å². The Hall–Kier alpha value is -6.66. The van der Waals surface area contributed by atoms with Crippen molar-refractivity contribution in [3.8, 4) is 0 Å². The molecule has 0 spiro atoms. The number of likely N-dealkylation sites (tertiary alicyclic amines) is 2. The average molecular weight is 1050 g/mol. The highest BCUT2D eigenvalue weighted by atomic mass is 16.2. The second kappa shape index (κ2) is 24.1. The summed E-state index contributed by atoms with van der Waals surface area (Å²) in [6, 6.07) is 14.9. The van der Waals surface area contributed by atoms with Crippen LogP contribution in [0.25, 0.3) is 0 Å². The van der Waals surface area contributed by atoms with Crippen LogP contribution in [-0.2, 0) is 41.6 Å². The zero-order valence-electron chi connectivity index (χ0n) is 45.6. The number of nitrogens with one attached hydrogen (secondary N) is 6. The standard InChI is InChI=1S/C58H80N10O8/c1-9-41(59)51(71)65-47(57(3,4)5)55(75)67-31-37(29-45(67)53(73)63-43-23-15-19-33-17-11-13-21-39(33)43)61-49(69)35-25-27-36(28-26-35)50(70)62-38-30-46(54(74)64-44-24-16-20-34-18-12-14-22-40(34)44)68(32-38)56(76)48(58(6,7)8)66-52(72)42(60)10-2/h11-14,17-18,21-22,25-28,37-38,41-48H,9-10,15-16,19-20,23-24,29-32,59-60H2,1-8H3,(H,61,69)(H,62,70)(H,63,73)(H,64,74)(H,65,71)(H,66,72)/p+1. The van der Waals surface area contributed by atoms with E-state index in [2.05, 4.69) is 49.8 Å². The van der Waals surface area contributed by atoms with E-state index in [0.717, 1.165) is 55.2 Å². The van der Waals surface area contributed by atoms with Crippen LogP contribution < -0.4 is 43.4 Å². The van der Waals surface area contributed by atoms with Gasteiger partial charge in [0.25, 0.3) is 17.7 Å². The molecule has 0 saturated carbocycles. The normalized spacial score (nSPS) is 22.9. The lowest BCUT2D eigenvalue weighted by Gasteiger charge is -2.36. The molecule has 18 heteroatoms. The molecule has 7 rings (SSSR count). The molecule has 3 aromatic carbocycles. The SMILES string of the molecule is CCC(N)C(=O)NC(C(=O)N1CC(NC(=O)c2ccc(C(=O)NC3CC(C(=O)NC4CCCc5ccccc54)N(C(=O)C(NC(=O)C([NH3+])CC)C(C)(C)C)C3)cc2)CC1C(=O)NC1CCCc2ccccc21)C(C)(C)C. The van der Waals surface area contributed by atoms with Gasteiger partial charge < -0.3 is 53.2 Å². The fourth-order valence-corrected chi connectivity index (χ4v) is 11.0. The third-order valence-electron chi connectivity index (χ3n) is 15.7. The zero-order valence-corrected chi connectivity index (χ0v) is 45.6. The molecule has 10 atom stereocenters. The maximum absolute atomic E-state index is 14.6. The van der Waals surface area contributed by atoms with Gasteiger partial charge in [0.15, 0.2) is 6.04 Å². The van der Waals surface area contributed by atoms with Gasteiger partial charge in [-0.05, 0) is 115 Å². The summed E-state index contributed by atoms with van der Waals surface area (Å²) in [7, 11) is 0. The Labute approximate surface area is 447 Å². The van der Waals surface area contributed by atoms with Crippen molar-refractivity contribution in [2.45, 2.75) is 180 Å². The minimum Gasteiger partial charge on any atom is -0.347 e. The first-order valence-corrected chi connectivity index (χ1v) is 27.3. The number of carbonyl (C=O) groups is 8. The summed E-state index contributed by atoms with van der Waals surface area (Å²) in [5.74, 6) is -3.40. The molecular formula is C58H81N10O8+. The van der Waals surface area contributed by atoms with Crippen molar-refractivity contribution in [2.24, 2.45) is 16.6 Å². The molecule has 18 nitrogen and oxygen atoms in total. The first kappa shape index (κ1) is 57.1. The maximum atomic E-state index is 14.6. The van der Waals surface area contributed by atoms with Crippen molar-refractivity contribution in [3.05, 3.63) is 106 Å². The first-order valence-electron chi connectivity index (χ1n) is 27.3. The summed E-state index contributed by atoms with van der Waals surface area (Å²) >= 11 is 0. The van der Waals surface area contributed by atoms with Crippen molar-refractivity contribution < 1.29 is 44.1 Å². The van der Waals surface area contributed by atoms with Gasteiger partial charge in [0, 0.05) is 42.7 Å². The van der Waals surface area contributed by atoms with Crippen LogP contribution in [-0.4, -0.2) is 118 Å². The highest BCUT2D eigenvalue weighted by Gasteiger charge is 2.48.